The Morgan fingerprint density at radius 1 is 1.44 bits per heavy atom. The van der Waals surface area contributed by atoms with E-state index in [1.807, 2.05) is 13.8 Å². The molecule has 1 N–H and O–H groups in total. The Labute approximate surface area is 101 Å². The summed E-state index contributed by atoms with van der Waals surface area (Å²) in [5.41, 5.74) is 1.09. The average molecular weight is 241 g/mol. The van der Waals surface area contributed by atoms with Gasteiger partial charge in [-0.3, -0.25) is 4.79 Å². The second kappa shape index (κ2) is 5.96. The highest BCUT2D eigenvalue weighted by molar-refractivity contribution is 7.11. The summed E-state index contributed by atoms with van der Waals surface area (Å²) in [7, 11) is 3.55. The number of hydrogen-bond acceptors (Lipinski definition) is 4. The zero-order valence-corrected chi connectivity index (χ0v) is 11.1. The molecule has 1 rings (SSSR count). The van der Waals surface area contributed by atoms with E-state index in [1.165, 1.54) is 4.88 Å². The lowest BCUT2D eigenvalue weighted by molar-refractivity contribution is -0.128. The Hall–Kier alpha value is -0.940. The quantitative estimate of drug-likeness (QED) is 0.791. The average Bonchev–Trinajstić information content (AvgIpc) is 2.51. The fourth-order valence-electron chi connectivity index (χ4n) is 1.36. The third kappa shape index (κ3) is 3.90. The van der Waals surface area contributed by atoms with Crippen molar-refractivity contribution < 1.29 is 4.79 Å². The Morgan fingerprint density at radius 2 is 2.12 bits per heavy atom. The normalized spacial score (nSPS) is 10.5. The summed E-state index contributed by atoms with van der Waals surface area (Å²) < 4.78 is 0. The first-order valence-electron chi connectivity index (χ1n) is 5.34. The van der Waals surface area contributed by atoms with Crippen LogP contribution in [0.3, 0.4) is 0 Å². The van der Waals surface area contributed by atoms with Gasteiger partial charge in [0, 0.05) is 38.5 Å². The molecule has 1 aromatic heterocycles. The largest absolute Gasteiger partial charge is 0.349 e. The monoisotopic (exact) mass is 241 g/mol. The van der Waals surface area contributed by atoms with Gasteiger partial charge in [-0.1, -0.05) is 0 Å². The second-order valence-electron chi connectivity index (χ2n) is 3.96. The van der Waals surface area contributed by atoms with Crippen molar-refractivity contribution in [2.24, 2.45) is 0 Å². The van der Waals surface area contributed by atoms with Gasteiger partial charge in [-0.2, -0.15) is 0 Å². The predicted octanol–water partition coefficient (Wildman–Crippen LogP) is 1.33. The topological polar surface area (TPSA) is 45.2 Å². The maximum atomic E-state index is 11.3. The summed E-state index contributed by atoms with van der Waals surface area (Å²) in [6, 6.07) is 0. The molecule has 0 aliphatic carbocycles. The predicted molar refractivity (Wildman–Crippen MR) is 66.6 cm³/mol. The highest BCUT2D eigenvalue weighted by Crippen LogP contribution is 2.16. The number of carbonyl (C=O) groups is 1. The van der Waals surface area contributed by atoms with Crippen LogP contribution < -0.4 is 5.32 Å². The SMILES string of the molecule is Cc1nc(C)c(CNCCC(=O)N(C)C)s1. The number of rotatable bonds is 5. The van der Waals surface area contributed by atoms with Gasteiger partial charge in [-0.25, -0.2) is 4.98 Å². The third-order valence-corrected chi connectivity index (χ3v) is 3.37. The van der Waals surface area contributed by atoms with Crippen LogP contribution in [0.5, 0.6) is 0 Å². The van der Waals surface area contributed by atoms with Crippen LogP contribution in [-0.2, 0) is 11.3 Å². The maximum Gasteiger partial charge on any atom is 0.223 e. The Balaban J connectivity index is 2.26. The number of hydrogen-bond donors (Lipinski definition) is 1. The summed E-state index contributed by atoms with van der Waals surface area (Å²) in [6.45, 7) is 5.55. The first-order chi connectivity index (χ1) is 7.50. The molecule has 0 saturated heterocycles. The highest BCUT2D eigenvalue weighted by atomic mass is 32.1. The number of carbonyl (C=O) groups excluding carboxylic acids is 1. The number of amides is 1. The molecule has 5 heteroatoms. The van der Waals surface area contributed by atoms with E-state index in [0.29, 0.717) is 13.0 Å². The Bertz CT molecular complexity index is 360. The molecule has 0 saturated carbocycles. The van der Waals surface area contributed by atoms with E-state index in [2.05, 4.69) is 10.3 Å². The summed E-state index contributed by atoms with van der Waals surface area (Å²) in [5, 5.41) is 4.36. The molecular formula is C11H19N3OS. The summed E-state index contributed by atoms with van der Waals surface area (Å²) in [4.78, 5) is 18.5. The number of aryl methyl sites for hydroxylation is 2. The van der Waals surface area contributed by atoms with Gasteiger partial charge >= 0.3 is 0 Å². The molecule has 1 heterocycles. The number of nitrogens with zero attached hydrogens (tertiary/aromatic N) is 2. The van der Waals surface area contributed by atoms with Gasteiger partial charge < -0.3 is 10.2 Å². The van der Waals surface area contributed by atoms with E-state index in [-0.39, 0.29) is 5.91 Å². The Kier molecular flexibility index (Phi) is 4.89. The lowest BCUT2D eigenvalue weighted by atomic mass is 10.3. The van der Waals surface area contributed by atoms with Crippen molar-refractivity contribution in [3.8, 4) is 0 Å². The fraction of sp³-hybridized carbons (Fsp3) is 0.636. The van der Waals surface area contributed by atoms with Crippen molar-refractivity contribution in [1.82, 2.24) is 15.2 Å². The summed E-state index contributed by atoms with van der Waals surface area (Å²) >= 11 is 1.71. The minimum atomic E-state index is 0.157. The molecule has 4 nitrogen and oxygen atoms in total. The van der Waals surface area contributed by atoms with Crippen LogP contribution in [0.1, 0.15) is 22.0 Å². The minimum absolute atomic E-state index is 0.157. The van der Waals surface area contributed by atoms with Crippen LogP contribution in [0.15, 0.2) is 0 Å². The fourth-order valence-corrected chi connectivity index (χ4v) is 2.27. The van der Waals surface area contributed by atoms with Crippen molar-refractivity contribution in [2.45, 2.75) is 26.8 Å². The number of nitrogens with one attached hydrogen (secondary N) is 1. The number of thiazole rings is 1. The molecule has 16 heavy (non-hydrogen) atoms. The minimum Gasteiger partial charge on any atom is -0.349 e. The van der Waals surface area contributed by atoms with E-state index < -0.39 is 0 Å². The van der Waals surface area contributed by atoms with E-state index in [4.69, 9.17) is 0 Å². The first-order valence-corrected chi connectivity index (χ1v) is 6.16. The molecule has 0 aliphatic rings. The lowest BCUT2D eigenvalue weighted by Crippen LogP contribution is -2.26. The first kappa shape index (κ1) is 13.1. The van der Waals surface area contributed by atoms with Crippen LogP contribution in [-0.4, -0.2) is 36.4 Å². The van der Waals surface area contributed by atoms with Gasteiger partial charge in [0.1, 0.15) is 0 Å². The Morgan fingerprint density at radius 3 is 2.62 bits per heavy atom. The summed E-state index contributed by atoms with van der Waals surface area (Å²) in [5.74, 6) is 0.157. The molecule has 0 bridgehead atoms. The van der Waals surface area contributed by atoms with Gasteiger partial charge in [-0.05, 0) is 13.8 Å². The molecule has 0 unspecified atom stereocenters. The second-order valence-corrected chi connectivity index (χ2v) is 5.24. The molecule has 0 radical (unpaired) electrons. The van der Waals surface area contributed by atoms with Gasteiger partial charge in [0.2, 0.25) is 5.91 Å². The van der Waals surface area contributed by atoms with Crippen molar-refractivity contribution in [3.63, 3.8) is 0 Å². The maximum absolute atomic E-state index is 11.3. The summed E-state index contributed by atoms with van der Waals surface area (Å²) in [6.07, 6.45) is 0.545. The van der Waals surface area contributed by atoms with Crippen LogP contribution in [0.25, 0.3) is 0 Å². The zero-order valence-electron chi connectivity index (χ0n) is 10.3. The molecule has 1 amide bonds. The van der Waals surface area contributed by atoms with Crippen LogP contribution in [0.4, 0.5) is 0 Å². The van der Waals surface area contributed by atoms with Gasteiger partial charge in [0.05, 0.1) is 10.7 Å². The van der Waals surface area contributed by atoms with Crippen molar-refractivity contribution in [3.05, 3.63) is 15.6 Å². The van der Waals surface area contributed by atoms with E-state index >= 15 is 0 Å². The van der Waals surface area contributed by atoms with Gasteiger partial charge in [-0.15, -0.1) is 11.3 Å². The van der Waals surface area contributed by atoms with Crippen molar-refractivity contribution in [1.29, 1.82) is 0 Å². The van der Waals surface area contributed by atoms with Crippen molar-refractivity contribution >= 4 is 17.2 Å². The number of aromatic nitrogens is 1. The third-order valence-electron chi connectivity index (χ3n) is 2.30. The molecular weight excluding hydrogens is 222 g/mol. The standard InChI is InChI=1S/C11H19N3OS/c1-8-10(16-9(2)13-8)7-12-6-5-11(15)14(3)4/h12H,5-7H2,1-4H3. The van der Waals surface area contributed by atoms with E-state index in [1.54, 1.807) is 30.3 Å². The van der Waals surface area contributed by atoms with E-state index in [9.17, 15) is 4.79 Å². The van der Waals surface area contributed by atoms with E-state index in [0.717, 1.165) is 17.2 Å². The van der Waals surface area contributed by atoms with Crippen molar-refractivity contribution in [2.75, 3.05) is 20.6 Å². The smallest absolute Gasteiger partial charge is 0.223 e. The molecule has 0 atom stereocenters. The van der Waals surface area contributed by atoms with Crippen LogP contribution in [0.2, 0.25) is 0 Å². The molecule has 0 spiro atoms. The molecule has 0 aromatic carbocycles. The highest BCUT2D eigenvalue weighted by Gasteiger charge is 2.05. The van der Waals surface area contributed by atoms with Gasteiger partial charge in [0.25, 0.3) is 0 Å². The molecule has 0 fully saturated rings. The van der Waals surface area contributed by atoms with Crippen LogP contribution in [0, 0.1) is 13.8 Å². The lowest BCUT2D eigenvalue weighted by Gasteiger charge is -2.10. The molecule has 90 valence electrons. The molecule has 1 aromatic rings. The zero-order chi connectivity index (χ0) is 12.1. The molecule has 0 aliphatic heterocycles. The van der Waals surface area contributed by atoms with Gasteiger partial charge in [0.15, 0.2) is 0 Å². The van der Waals surface area contributed by atoms with Crippen LogP contribution >= 0.6 is 11.3 Å².